The van der Waals surface area contributed by atoms with Crippen LogP contribution in [0.1, 0.15) is 71.0 Å². The van der Waals surface area contributed by atoms with E-state index >= 15 is 0 Å². The number of rotatable bonds is 19. The zero-order chi connectivity index (χ0) is 39.1. The van der Waals surface area contributed by atoms with Crippen LogP contribution < -0.4 is 27.0 Å². The standard InChI is InChI=1S/C38H52N6O9/c1-6-13-28(33(46)36(49)40-19-30(45)42-32(34(39)47)26-16-11-8-12-17-26)41-35(48)29-18-27(52-22-25-14-9-7-10-15-25)20-44(29)37(50)31(24(4)5)43-38(51)53-21-23(2)3/h7-12,14-17,23-24,27-29,31-32H,6,13,18-22H2,1-5H3,(H2,39,47)(H,40,49)(H,41,48)(H,42,45)(H,43,51). The molecule has 15 nitrogen and oxygen atoms in total. The number of likely N-dealkylation sites (tertiary alicyclic amines) is 1. The first-order valence-corrected chi connectivity index (χ1v) is 17.9. The van der Waals surface area contributed by atoms with E-state index in [1.165, 1.54) is 4.90 Å². The number of ether oxygens (including phenoxy) is 2. The monoisotopic (exact) mass is 736 g/mol. The quantitative estimate of drug-likeness (QED) is 0.133. The lowest BCUT2D eigenvalue weighted by molar-refractivity contribution is -0.143. The third kappa shape index (κ3) is 13.0. The maximum atomic E-state index is 14.0. The topological polar surface area (TPSA) is 215 Å². The summed E-state index contributed by atoms with van der Waals surface area (Å²) in [6, 6.07) is 13.1. The van der Waals surface area contributed by atoms with E-state index in [2.05, 4.69) is 21.3 Å². The maximum absolute atomic E-state index is 14.0. The highest BCUT2D eigenvalue weighted by Crippen LogP contribution is 2.25. The van der Waals surface area contributed by atoms with Gasteiger partial charge in [0.1, 0.15) is 18.1 Å². The van der Waals surface area contributed by atoms with Crippen molar-refractivity contribution in [2.45, 2.75) is 90.8 Å². The van der Waals surface area contributed by atoms with Crippen LogP contribution >= 0.6 is 0 Å². The summed E-state index contributed by atoms with van der Waals surface area (Å²) in [6.07, 6.45) is -0.724. The fraction of sp³-hybridized carbons (Fsp3) is 0.500. The molecular weight excluding hydrogens is 684 g/mol. The molecule has 0 saturated carbocycles. The number of primary amides is 1. The predicted octanol–water partition coefficient (Wildman–Crippen LogP) is 1.89. The number of alkyl carbamates (subject to hydrolysis) is 1. The number of nitrogens with one attached hydrogen (secondary N) is 4. The number of nitrogens with two attached hydrogens (primary N) is 1. The smallest absolute Gasteiger partial charge is 0.407 e. The molecular formula is C38H52N6O9. The van der Waals surface area contributed by atoms with Crippen molar-refractivity contribution in [2.75, 3.05) is 19.7 Å². The molecule has 0 aliphatic carbocycles. The normalized spacial score (nSPS) is 17.0. The average molecular weight is 737 g/mol. The van der Waals surface area contributed by atoms with Gasteiger partial charge in [0.25, 0.3) is 5.91 Å². The molecule has 3 rings (SSSR count). The molecule has 2 aromatic carbocycles. The van der Waals surface area contributed by atoms with Crippen LogP contribution in [0.25, 0.3) is 0 Å². The Hall–Kier alpha value is -5.31. The van der Waals surface area contributed by atoms with Gasteiger partial charge >= 0.3 is 6.09 Å². The average Bonchev–Trinajstić information content (AvgIpc) is 3.57. The molecule has 5 unspecified atom stereocenters. The van der Waals surface area contributed by atoms with Crippen molar-refractivity contribution in [1.82, 2.24) is 26.2 Å². The van der Waals surface area contributed by atoms with Gasteiger partial charge in [-0.3, -0.25) is 28.8 Å². The van der Waals surface area contributed by atoms with E-state index in [0.29, 0.717) is 12.0 Å². The summed E-state index contributed by atoms with van der Waals surface area (Å²) in [4.78, 5) is 92.7. The summed E-state index contributed by atoms with van der Waals surface area (Å²) in [5, 5.41) is 9.97. The largest absolute Gasteiger partial charge is 0.449 e. The summed E-state index contributed by atoms with van der Waals surface area (Å²) >= 11 is 0. The minimum Gasteiger partial charge on any atom is -0.449 e. The van der Waals surface area contributed by atoms with Gasteiger partial charge in [-0.1, -0.05) is 102 Å². The fourth-order valence-electron chi connectivity index (χ4n) is 5.71. The number of benzene rings is 2. The van der Waals surface area contributed by atoms with Gasteiger partial charge in [-0.15, -0.1) is 0 Å². The van der Waals surface area contributed by atoms with E-state index in [9.17, 15) is 33.6 Å². The number of hydrogen-bond acceptors (Lipinski definition) is 9. The second kappa shape index (κ2) is 20.7. The Balaban J connectivity index is 1.73. The fourth-order valence-corrected chi connectivity index (χ4v) is 5.71. The van der Waals surface area contributed by atoms with Crippen molar-refractivity contribution in [2.24, 2.45) is 17.6 Å². The van der Waals surface area contributed by atoms with E-state index in [0.717, 1.165) is 5.56 Å². The molecule has 1 fully saturated rings. The molecule has 15 heteroatoms. The number of nitrogens with zero attached hydrogens (tertiary/aromatic N) is 1. The van der Waals surface area contributed by atoms with E-state index in [1.54, 1.807) is 51.1 Å². The number of amides is 6. The molecule has 1 aliphatic rings. The van der Waals surface area contributed by atoms with Crippen LogP contribution in [-0.4, -0.2) is 90.2 Å². The van der Waals surface area contributed by atoms with Gasteiger partial charge in [0.15, 0.2) is 0 Å². The molecule has 53 heavy (non-hydrogen) atoms. The zero-order valence-corrected chi connectivity index (χ0v) is 31.0. The van der Waals surface area contributed by atoms with Crippen LogP contribution in [0.3, 0.4) is 0 Å². The minimum atomic E-state index is -1.27. The van der Waals surface area contributed by atoms with Crippen LogP contribution in [-0.2, 0) is 44.8 Å². The summed E-state index contributed by atoms with van der Waals surface area (Å²) in [5.41, 5.74) is 6.79. The number of carbonyl (C=O) groups is 7. The van der Waals surface area contributed by atoms with Gasteiger partial charge in [0, 0.05) is 13.0 Å². The zero-order valence-electron chi connectivity index (χ0n) is 31.0. The Bertz CT molecular complexity index is 1570. The molecule has 0 spiro atoms. The first-order chi connectivity index (χ1) is 25.2. The van der Waals surface area contributed by atoms with Crippen molar-refractivity contribution in [1.29, 1.82) is 0 Å². The van der Waals surface area contributed by atoms with Gasteiger partial charge in [-0.05, 0) is 29.4 Å². The van der Waals surface area contributed by atoms with E-state index in [4.69, 9.17) is 15.2 Å². The molecule has 2 aromatic rings. The van der Waals surface area contributed by atoms with E-state index in [1.807, 2.05) is 44.2 Å². The number of hydrogen-bond donors (Lipinski definition) is 5. The van der Waals surface area contributed by atoms with Crippen molar-refractivity contribution < 1.29 is 43.0 Å². The first-order valence-electron chi connectivity index (χ1n) is 17.9. The van der Waals surface area contributed by atoms with E-state index < -0.39 is 78.2 Å². The maximum Gasteiger partial charge on any atom is 0.407 e. The molecule has 288 valence electrons. The Morgan fingerprint density at radius 1 is 0.887 bits per heavy atom. The molecule has 1 saturated heterocycles. The summed E-state index contributed by atoms with van der Waals surface area (Å²) in [6.45, 7) is 8.82. The Kier molecular flexibility index (Phi) is 16.4. The summed E-state index contributed by atoms with van der Waals surface area (Å²) < 4.78 is 11.4. The van der Waals surface area contributed by atoms with Crippen molar-refractivity contribution in [3.63, 3.8) is 0 Å². The van der Waals surface area contributed by atoms with Crippen LogP contribution in [0.2, 0.25) is 0 Å². The summed E-state index contributed by atoms with van der Waals surface area (Å²) in [7, 11) is 0. The first kappa shape index (κ1) is 42.1. The molecule has 0 aromatic heterocycles. The molecule has 1 heterocycles. The van der Waals surface area contributed by atoms with Crippen LogP contribution in [0, 0.1) is 11.8 Å². The highest BCUT2D eigenvalue weighted by Gasteiger charge is 2.44. The van der Waals surface area contributed by atoms with Gasteiger partial charge in [0.05, 0.1) is 31.9 Å². The third-order valence-electron chi connectivity index (χ3n) is 8.50. The number of ketones is 1. The van der Waals surface area contributed by atoms with Crippen LogP contribution in [0.4, 0.5) is 4.79 Å². The molecule has 1 aliphatic heterocycles. The lowest BCUT2D eigenvalue weighted by Crippen LogP contribution is -2.57. The third-order valence-corrected chi connectivity index (χ3v) is 8.50. The second-order valence-corrected chi connectivity index (χ2v) is 13.7. The van der Waals surface area contributed by atoms with Gasteiger partial charge in [-0.25, -0.2) is 4.79 Å². The van der Waals surface area contributed by atoms with Crippen LogP contribution in [0.15, 0.2) is 60.7 Å². The SMILES string of the molecule is CCCC(NC(=O)C1CC(OCc2ccccc2)CN1C(=O)C(NC(=O)OCC(C)C)C(C)C)C(=O)C(=O)NCC(=O)NC(C(N)=O)c1ccccc1. The van der Waals surface area contributed by atoms with Crippen molar-refractivity contribution in [3.8, 4) is 0 Å². The molecule has 6 amide bonds. The highest BCUT2D eigenvalue weighted by molar-refractivity contribution is 6.38. The van der Waals surface area contributed by atoms with Gasteiger partial charge in [-0.2, -0.15) is 0 Å². The lowest BCUT2D eigenvalue weighted by atomic mass is 10.0. The lowest BCUT2D eigenvalue weighted by Gasteiger charge is -2.31. The summed E-state index contributed by atoms with van der Waals surface area (Å²) in [5.74, 6) is -5.20. The highest BCUT2D eigenvalue weighted by atomic mass is 16.5. The van der Waals surface area contributed by atoms with Crippen molar-refractivity contribution >= 4 is 41.4 Å². The van der Waals surface area contributed by atoms with E-state index in [-0.39, 0.29) is 44.4 Å². The Morgan fingerprint density at radius 3 is 2.11 bits per heavy atom. The predicted molar refractivity (Wildman–Crippen MR) is 194 cm³/mol. The minimum absolute atomic E-state index is 0.0347. The molecule has 6 N–H and O–H groups in total. The number of Topliss-reactive ketones (excluding diaryl/α,β-unsaturated/α-hetero) is 1. The molecule has 0 radical (unpaired) electrons. The van der Waals surface area contributed by atoms with Gasteiger partial charge in [0.2, 0.25) is 29.4 Å². The van der Waals surface area contributed by atoms with Gasteiger partial charge < -0.3 is 41.4 Å². The second-order valence-electron chi connectivity index (χ2n) is 13.7. The molecule has 0 bridgehead atoms. The van der Waals surface area contributed by atoms with Crippen molar-refractivity contribution in [3.05, 3.63) is 71.8 Å². The Morgan fingerprint density at radius 2 is 1.53 bits per heavy atom. The van der Waals surface area contributed by atoms with Crippen LogP contribution in [0.5, 0.6) is 0 Å². The molecule has 5 atom stereocenters. The Labute approximate surface area is 310 Å². The number of carbonyl (C=O) groups excluding carboxylic acids is 7.